The molecule has 0 spiro atoms. The van der Waals surface area contributed by atoms with E-state index in [4.69, 9.17) is 0 Å². The number of aryl methyl sites for hydroxylation is 1. The monoisotopic (exact) mass is 291 g/mol. The number of carbonyl (C=O) groups excluding carboxylic acids is 1. The molecule has 1 aromatic carbocycles. The molecule has 0 N–H and O–H groups in total. The van der Waals surface area contributed by atoms with Gasteiger partial charge in [-0.05, 0) is 36.4 Å². The Morgan fingerprint density at radius 3 is 2.55 bits per heavy atom. The number of thioether (sulfide) groups is 1. The van der Waals surface area contributed by atoms with Gasteiger partial charge < -0.3 is 4.90 Å². The maximum absolute atomic E-state index is 11.9. The van der Waals surface area contributed by atoms with Crippen LogP contribution in [0.5, 0.6) is 0 Å². The minimum Gasteiger partial charge on any atom is -0.348 e. The van der Waals surface area contributed by atoms with Crippen molar-refractivity contribution < 1.29 is 4.79 Å². The van der Waals surface area contributed by atoms with Crippen molar-refractivity contribution in [3.8, 4) is 5.69 Å². The highest BCUT2D eigenvalue weighted by Crippen LogP contribution is 2.23. The SMILES string of the molecule is Cc1ccc(-n2nnnc2SC(C)C(=O)N(C)C)cc1. The smallest absolute Gasteiger partial charge is 0.235 e. The fourth-order valence-electron chi connectivity index (χ4n) is 1.67. The molecule has 6 nitrogen and oxygen atoms in total. The molecule has 0 fully saturated rings. The van der Waals surface area contributed by atoms with Crippen LogP contribution < -0.4 is 0 Å². The molecule has 0 saturated heterocycles. The van der Waals surface area contributed by atoms with Crippen molar-refractivity contribution in [1.82, 2.24) is 25.1 Å². The number of rotatable bonds is 4. The standard InChI is InChI=1S/C13H17N5OS/c1-9-5-7-11(8-6-9)18-13(14-15-16-18)20-10(2)12(19)17(3)4/h5-8,10H,1-4H3. The van der Waals surface area contributed by atoms with Gasteiger partial charge in [-0.1, -0.05) is 29.5 Å². The molecule has 2 aromatic rings. The van der Waals surface area contributed by atoms with Crippen LogP contribution in [0.4, 0.5) is 0 Å². The van der Waals surface area contributed by atoms with Crippen molar-refractivity contribution in [2.24, 2.45) is 0 Å². The van der Waals surface area contributed by atoms with Crippen LogP contribution in [0.3, 0.4) is 0 Å². The van der Waals surface area contributed by atoms with E-state index in [0.717, 1.165) is 5.69 Å². The molecule has 1 heterocycles. The summed E-state index contributed by atoms with van der Waals surface area (Å²) < 4.78 is 1.64. The molecule has 0 bridgehead atoms. The lowest BCUT2D eigenvalue weighted by atomic mass is 10.2. The highest BCUT2D eigenvalue weighted by Gasteiger charge is 2.20. The summed E-state index contributed by atoms with van der Waals surface area (Å²) in [4.78, 5) is 13.5. The van der Waals surface area contributed by atoms with Crippen molar-refractivity contribution in [1.29, 1.82) is 0 Å². The van der Waals surface area contributed by atoms with Crippen LogP contribution in [0.25, 0.3) is 5.69 Å². The van der Waals surface area contributed by atoms with Crippen molar-refractivity contribution in [2.45, 2.75) is 24.3 Å². The molecule has 0 aliphatic carbocycles. The van der Waals surface area contributed by atoms with E-state index in [1.54, 1.807) is 23.7 Å². The quantitative estimate of drug-likeness (QED) is 0.800. The molecule has 7 heteroatoms. The van der Waals surface area contributed by atoms with Gasteiger partial charge in [-0.15, -0.1) is 5.10 Å². The zero-order valence-corrected chi connectivity index (χ0v) is 12.8. The second kappa shape index (κ2) is 6.04. The Hall–Kier alpha value is -1.89. The van der Waals surface area contributed by atoms with Gasteiger partial charge in [0.05, 0.1) is 10.9 Å². The first-order valence-electron chi connectivity index (χ1n) is 6.22. The predicted octanol–water partition coefficient (Wildman–Crippen LogP) is 1.54. The maximum atomic E-state index is 11.9. The van der Waals surface area contributed by atoms with E-state index in [1.165, 1.54) is 17.3 Å². The third-order valence-electron chi connectivity index (χ3n) is 2.79. The Morgan fingerprint density at radius 2 is 1.95 bits per heavy atom. The Labute approximate surface area is 122 Å². The highest BCUT2D eigenvalue weighted by molar-refractivity contribution is 8.00. The lowest BCUT2D eigenvalue weighted by Gasteiger charge is -2.15. The summed E-state index contributed by atoms with van der Waals surface area (Å²) in [6.07, 6.45) is 0. The molecule has 1 atom stereocenters. The van der Waals surface area contributed by atoms with Gasteiger partial charge in [0.2, 0.25) is 11.1 Å². The first-order valence-corrected chi connectivity index (χ1v) is 7.10. The van der Waals surface area contributed by atoms with Crippen molar-refractivity contribution in [3.63, 3.8) is 0 Å². The van der Waals surface area contributed by atoms with Gasteiger partial charge in [0, 0.05) is 14.1 Å². The predicted molar refractivity (Wildman–Crippen MR) is 77.9 cm³/mol. The molecule has 106 valence electrons. The zero-order valence-electron chi connectivity index (χ0n) is 11.9. The Bertz CT molecular complexity index is 593. The number of nitrogens with zero attached hydrogens (tertiary/aromatic N) is 5. The maximum Gasteiger partial charge on any atom is 0.235 e. The summed E-state index contributed by atoms with van der Waals surface area (Å²) in [5.74, 6) is 0.0356. The van der Waals surface area contributed by atoms with Gasteiger partial charge in [0.1, 0.15) is 0 Å². The lowest BCUT2D eigenvalue weighted by molar-refractivity contribution is -0.127. The van der Waals surface area contributed by atoms with Crippen LogP contribution in [-0.2, 0) is 4.79 Å². The number of hydrogen-bond donors (Lipinski definition) is 0. The van der Waals surface area contributed by atoms with Crippen LogP contribution in [0.1, 0.15) is 12.5 Å². The second-order valence-electron chi connectivity index (χ2n) is 4.70. The molecule has 0 aliphatic rings. The van der Waals surface area contributed by atoms with Crippen LogP contribution in [0.15, 0.2) is 29.4 Å². The van der Waals surface area contributed by atoms with E-state index < -0.39 is 0 Å². The molecule has 0 radical (unpaired) electrons. The minimum absolute atomic E-state index is 0.0356. The molecule has 2 rings (SSSR count). The fourth-order valence-corrected chi connectivity index (χ4v) is 2.63. The van der Waals surface area contributed by atoms with Gasteiger partial charge in [0.25, 0.3) is 0 Å². The number of aromatic nitrogens is 4. The second-order valence-corrected chi connectivity index (χ2v) is 6.01. The van der Waals surface area contributed by atoms with E-state index in [9.17, 15) is 4.79 Å². The molecule has 1 aromatic heterocycles. The Kier molecular flexibility index (Phi) is 4.39. The van der Waals surface area contributed by atoms with Crippen molar-refractivity contribution in [2.75, 3.05) is 14.1 Å². The van der Waals surface area contributed by atoms with E-state index in [2.05, 4.69) is 15.5 Å². The van der Waals surface area contributed by atoms with Gasteiger partial charge in [-0.25, -0.2) is 0 Å². The Morgan fingerprint density at radius 1 is 1.30 bits per heavy atom. The van der Waals surface area contributed by atoms with E-state index in [0.29, 0.717) is 5.16 Å². The largest absolute Gasteiger partial charge is 0.348 e. The highest BCUT2D eigenvalue weighted by atomic mass is 32.2. The summed E-state index contributed by atoms with van der Waals surface area (Å²) >= 11 is 1.35. The van der Waals surface area contributed by atoms with Gasteiger partial charge in [-0.3, -0.25) is 4.79 Å². The molecular formula is C13H17N5OS. The number of benzene rings is 1. The lowest BCUT2D eigenvalue weighted by Crippen LogP contribution is -2.29. The van der Waals surface area contributed by atoms with E-state index in [1.807, 2.05) is 38.1 Å². The average Bonchev–Trinajstić information content (AvgIpc) is 2.86. The van der Waals surface area contributed by atoms with Gasteiger partial charge in [-0.2, -0.15) is 4.68 Å². The third kappa shape index (κ3) is 3.16. The van der Waals surface area contributed by atoms with E-state index in [-0.39, 0.29) is 11.2 Å². The van der Waals surface area contributed by atoms with Crippen LogP contribution in [0, 0.1) is 6.92 Å². The molecule has 0 saturated carbocycles. The van der Waals surface area contributed by atoms with Crippen LogP contribution in [0.2, 0.25) is 0 Å². The molecule has 1 amide bonds. The summed E-state index contributed by atoms with van der Waals surface area (Å²) in [7, 11) is 3.48. The fraction of sp³-hybridized carbons (Fsp3) is 0.385. The van der Waals surface area contributed by atoms with Gasteiger partial charge in [0.15, 0.2) is 0 Å². The third-order valence-corrected chi connectivity index (χ3v) is 3.81. The number of carbonyl (C=O) groups is 1. The van der Waals surface area contributed by atoms with Crippen LogP contribution >= 0.6 is 11.8 Å². The first-order chi connectivity index (χ1) is 9.49. The molecular weight excluding hydrogens is 274 g/mol. The number of hydrogen-bond acceptors (Lipinski definition) is 5. The summed E-state index contributed by atoms with van der Waals surface area (Å²) in [6, 6.07) is 7.90. The molecule has 0 aliphatic heterocycles. The first kappa shape index (κ1) is 14.5. The zero-order chi connectivity index (χ0) is 14.7. The topological polar surface area (TPSA) is 63.9 Å². The minimum atomic E-state index is -0.236. The molecule has 1 unspecified atom stereocenters. The summed E-state index contributed by atoms with van der Waals surface area (Å²) in [5, 5.41) is 12.0. The van der Waals surface area contributed by atoms with E-state index >= 15 is 0 Å². The number of amides is 1. The van der Waals surface area contributed by atoms with Crippen molar-refractivity contribution >= 4 is 17.7 Å². The Balaban J connectivity index is 2.21. The average molecular weight is 291 g/mol. The molecule has 20 heavy (non-hydrogen) atoms. The number of tetrazole rings is 1. The normalized spacial score (nSPS) is 12.2. The summed E-state index contributed by atoms with van der Waals surface area (Å²) in [5.41, 5.74) is 2.06. The van der Waals surface area contributed by atoms with Crippen LogP contribution in [-0.4, -0.2) is 50.4 Å². The van der Waals surface area contributed by atoms with Crippen molar-refractivity contribution in [3.05, 3.63) is 29.8 Å². The van der Waals surface area contributed by atoms with Gasteiger partial charge >= 0.3 is 0 Å². The summed E-state index contributed by atoms with van der Waals surface area (Å²) in [6.45, 7) is 3.87.